The number of allylic oxidation sites excluding steroid dienone is 2. The Labute approximate surface area is 243 Å². The Morgan fingerprint density at radius 1 is 1.00 bits per heavy atom. The minimum Gasteiger partial charge on any atom is -0.870 e. The SMILES string of the molecule is CCc1ccc(OCC2OC2(C)CCC=C(C)C)cc1.[Na+].[O-]c1c(Cl)c(Cl)c(Cl)c(Cl)c1Cl. The van der Waals surface area contributed by atoms with E-state index in [9.17, 15) is 5.11 Å². The maximum absolute atomic E-state index is 11.1. The zero-order valence-corrected chi connectivity index (χ0v) is 25.2. The van der Waals surface area contributed by atoms with E-state index in [4.69, 9.17) is 67.5 Å². The molecule has 1 aliphatic heterocycles. The van der Waals surface area contributed by atoms with Gasteiger partial charge in [0.25, 0.3) is 0 Å². The molecular formula is C24H26Cl5NaO3. The molecule has 0 aliphatic carbocycles. The van der Waals surface area contributed by atoms with Gasteiger partial charge >= 0.3 is 29.6 Å². The molecule has 1 saturated heterocycles. The first kappa shape index (κ1) is 31.2. The average molecular weight is 563 g/mol. The predicted octanol–water partition coefficient (Wildman–Crippen LogP) is 5.56. The average Bonchev–Trinajstić information content (AvgIpc) is 3.43. The summed E-state index contributed by atoms with van der Waals surface area (Å²) in [5, 5.41) is 10.5. The summed E-state index contributed by atoms with van der Waals surface area (Å²) < 4.78 is 11.6. The normalized spacial score (nSPS) is 18.5. The van der Waals surface area contributed by atoms with Crippen molar-refractivity contribution in [2.45, 2.75) is 58.7 Å². The molecule has 0 spiro atoms. The Hall–Kier alpha value is 0.190. The molecule has 9 heteroatoms. The summed E-state index contributed by atoms with van der Waals surface area (Å²) in [7, 11) is 0. The molecule has 2 unspecified atom stereocenters. The summed E-state index contributed by atoms with van der Waals surface area (Å²) >= 11 is 27.7. The number of hydrogen-bond donors (Lipinski definition) is 0. The number of hydrogen-bond acceptors (Lipinski definition) is 3. The van der Waals surface area contributed by atoms with E-state index in [2.05, 4.69) is 45.9 Å². The van der Waals surface area contributed by atoms with Gasteiger partial charge in [0.05, 0.1) is 30.7 Å². The third-order valence-corrected chi connectivity index (χ3v) is 7.37. The van der Waals surface area contributed by atoms with Crippen LogP contribution in [0.2, 0.25) is 25.1 Å². The number of aryl methyl sites for hydroxylation is 1. The molecule has 0 bridgehead atoms. The van der Waals surface area contributed by atoms with Gasteiger partial charge in [-0.15, -0.1) is 0 Å². The van der Waals surface area contributed by atoms with E-state index in [1.54, 1.807) is 0 Å². The number of benzene rings is 2. The third kappa shape index (κ3) is 8.97. The van der Waals surface area contributed by atoms with Gasteiger partial charge < -0.3 is 14.6 Å². The van der Waals surface area contributed by atoms with Crippen molar-refractivity contribution in [2.24, 2.45) is 0 Å². The second-order valence-corrected chi connectivity index (χ2v) is 9.84. The summed E-state index contributed by atoms with van der Waals surface area (Å²) in [6.45, 7) is 9.26. The number of rotatable bonds is 7. The van der Waals surface area contributed by atoms with E-state index in [0.717, 1.165) is 25.0 Å². The van der Waals surface area contributed by atoms with Crippen LogP contribution in [0.5, 0.6) is 11.5 Å². The van der Waals surface area contributed by atoms with Gasteiger partial charge in [0, 0.05) is 0 Å². The van der Waals surface area contributed by atoms with E-state index in [1.807, 2.05) is 12.1 Å². The first-order chi connectivity index (χ1) is 15.0. The van der Waals surface area contributed by atoms with Gasteiger partial charge in [0.1, 0.15) is 18.5 Å². The zero-order valence-electron chi connectivity index (χ0n) is 19.4. The molecule has 2 aromatic carbocycles. The van der Waals surface area contributed by atoms with Crippen molar-refractivity contribution in [3.63, 3.8) is 0 Å². The van der Waals surface area contributed by atoms with Gasteiger partial charge in [0.15, 0.2) is 0 Å². The Morgan fingerprint density at radius 3 is 2.00 bits per heavy atom. The number of epoxide rings is 1. The number of ether oxygens (including phenoxy) is 2. The Balaban J connectivity index is 0.000000361. The second kappa shape index (κ2) is 14.1. The summed E-state index contributed by atoms with van der Waals surface area (Å²) in [6.07, 6.45) is 5.73. The van der Waals surface area contributed by atoms with Crippen molar-refractivity contribution in [3.05, 3.63) is 66.6 Å². The molecule has 3 rings (SSSR count). The van der Waals surface area contributed by atoms with E-state index in [1.165, 1.54) is 11.1 Å². The maximum Gasteiger partial charge on any atom is 1.00 e. The minimum absolute atomic E-state index is 0. The summed E-state index contributed by atoms with van der Waals surface area (Å²) in [5.41, 5.74) is 2.72. The van der Waals surface area contributed by atoms with Crippen LogP contribution in [0.4, 0.5) is 0 Å². The summed E-state index contributed by atoms with van der Waals surface area (Å²) in [6, 6.07) is 8.33. The van der Waals surface area contributed by atoms with Crippen molar-refractivity contribution in [2.75, 3.05) is 6.61 Å². The van der Waals surface area contributed by atoms with Crippen LogP contribution >= 0.6 is 58.0 Å². The van der Waals surface area contributed by atoms with Gasteiger partial charge in [-0.25, -0.2) is 0 Å². The zero-order chi connectivity index (χ0) is 24.1. The minimum atomic E-state index is -0.613. The van der Waals surface area contributed by atoms with Crippen LogP contribution in [0.1, 0.15) is 46.1 Å². The summed E-state index contributed by atoms with van der Waals surface area (Å²) in [4.78, 5) is 0. The van der Waals surface area contributed by atoms with Gasteiger partial charge in [-0.05, 0) is 57.7 Å². The van der Waals surface area contributed by atoms with E-state index < -0.39 is 5.75 Å². The quantitative estimate of drug-likeness (QED) is 0.146. The molecule has 0 radical (unpaired) electrons. The van der Waals surface area contributed by atoms with Crippen molar-refractivity contribution in [1.29, 1.82) is 0 Å². The fourth-order valence-corrected chi connectivity index (χ4v) is 4.07. The molecule has 2 aromatic rings. The molecule has 0 N–H and O–H groups in total. The standard InChI is InChI=1S/C18H26O2.C6HCl5O.Na/c1-5-15-8-10-16(11-9-15)19-13-17-18(4,20-17)12-6-7-14(2)3;7-1-2(8)4(10)6(12)5(11)3(1)9;/h7-11,17H,5-6,12-13H2,1-4H3;12H;/q;;+1/p-1. The third-order valence-electron chi connectivity index (χ3n) is 5.13. The fourth-order valence-electron chi connectivity index (χ4n) is 2.95. The van der Waals surface area contributed by atoms with E-state index in [0.29, 0.717) is 6.61 Å². The summed E-state index contributed by atoms with van der Waals surface area (Å²) in [5.74, 6) is 0.321. The largest absolute Gasteiger partial charge is 1.00 e. The van der Waals surface area contributed by atoms with Gasteiger partial charge in [0.2, 0.25) is 0 Å². The topological polar surface area (TPSA) is 44.8 Å². The molecule has 0 amide bonds. The molecule has 0 saturated carbocycles. The second-order valence-electron chi connectivity index (χ2n) is 7.95. The molecule has 1 fully saturated rings. The van der Waals surface area contributed by atoms with Gasteiger partial charge in [-0.3, -0.25) is 0 Å². The molecule has 176 valence electrons. The fraction of sp³-hybridized carbons (Fsp3) is 0.417. The first-order valence-corrected chi connectivity index (χ1v) is 12.1. The molecule has 1 aliphatic rings. The Bertz CT molecular complexity index is 857. The van der Waals surface area contributed by atoms with Crippen molar-refractivity contribution >= 4 is 58.0 Å². The molecule has 33 heavy (non-hydrogen) atoms. The van der Waals surface area contributed by atoms with Crippen LogP contribution in [0.3, 0.4) is 0 Å². The first-order valence-electron chi connectivity index (χ1n) is 10.2. The van der Waals surface area contributed by atoms with Gasteiger partial charge in [-0.2, -0.15) is 0 Å². The van der Waals surface area contributed by atoms with Crippen LogP contribution < -0.4 is 39.4 Å². The number of halogens is 5. The molecule has 1 heterocycles. The van der Waals surface area contributed by atoms with Crippen molar-refractivity contribution in [1.82, 2.24) is 0 Å². The predicted molar refractivity (Wildman–Crippen MR) is 134 cm³/mol. The van der Waals surface area contributed by atoms with E-state index in [-0.39, 0.29) is 66.4 Å². The van der Waals surface area contributed by atoms with E-state index >= 15 is 0 Å². The smallest absolute Gasteiger partial charge is 0.870 e. The Kier molecular flexibility index (Phi) is 13.3. The van der Waals surface area contributed by atoms with Crippen molar-refractivity contribution in [3.8, 4) is 11.5 Å². The molecule has 0 aromatic heterocycles. The Morgan fingerprint density at radius 2 is 1.52 bits per heavy atom. The van der Waals surface area contributed by atoms with Crippen LogP contribution in [0.25, 0.3) is 0 Å². The molecular weight excluding hydrogens is 537 g/mol. The van der Waals surface area contributed by atoms with Crippen LogP contribution in [-0.4, -0.2) is 18.3 Å². The van der Waals surface area contributed by atoms with Crippen LogP contribution in [0, 0.1) is 0 Å². The monoisotopic (exact) mass is 560 g/mol. The van der Waals surface area contributed by atoms with Crippen molar-refractivity contribution < 1.29 is 44.1 Å². The maximum atomic E-state index is 11.1. The van der Waals surface area contributed by atoms with Gasteiger partial charge in [-0.1, -0.05) is 94.5 Å². The van der Waals surface area contributed by atoms with Crippen LogP contribution in [-0.2, 0) is 11.2 Å². The molecule has 3 nitrogen and oxygen atoms in total. The molecule has 2 atom stereocenters. The van der Waals surface area contributed by atoms with Crippen LogP contribution in [0.15, 0.2) is 35.9 Å².